The van der Waals surface area contributed by atoms with Gasteiger partial charge in [0, 0.05) is 11.8 Å². The molecule has 0 unspecified atom stereocenters. The van der Waals surface area contributed by atoms with Crippen LogP contribution in [0.5, 0.6) is 5.75 Å². The largest absolute Gasteiger partial charge is 0.496 e. The number of hydrogen-bond acceptors (Lipinski definition) is 3. The lowest BCUT2D eigenvalue weighted by molar-refractivity contribution is 0.103. The lowest BCUT2D eigenvalue weighted by atomic mass is 9.98. The highest BCUT2D eigenvalue weighted by Gasteiger charge is 2.22. The van der Waals surface area contributed by atoms with Crippen LogP contribution in [-0.4, -0.2) is 12.9 Å². The molecule has 0 atom stereocenters. The Morgan fingerprint density at radius 1 is 1.10 bits per heavy atom. The smallest absolute Gasteiger partial charge is 0.200 e. The molecule has 1 aromatic heterocycles. The van der Waals surface area contributed by atoms with E-state index in [9.17, 15) is 4.79 Å². The van der Waals surface area contributed by atoms with Crippen molar-refractivity contribution in [2.75, 3.05) is 7.11 Å². The van der Waals surface area contributed by atoms with Crippen molar-refractivity contribution in [1.82, 2.24) is 0 Å². The molecular weight excluding hydrogens is 264 g/mol. The lowest BCUT2D eigenvalue weighted by Crippen LogP contribution is -2.05. The number of methoxy groups -OCH3 is 1. The SMILES string of the molecule is CCc1oc2ccccc2c1C(=O)c1ccccc1OC. The molecule has 0 aliphatic carbocycles. The molecule has 3 nitrogen and oxygen atoms in total. The summed E-state index contributed by atoms with van der Waals surface area (Å²) < 4.78 is 11.1. The molecule has 0 bridgehead atoms. The number of furan rings is 1. The van der Waals surface area contributed by atoms with Crippen LogP contribution in [0.3, 0.4) is 0 Å². The van der Waals surface area contributed by atoms with Crippen molar-refractivity contribution < 1.29 is 13.9 Å². The van der Waals surface area contributed by atoms with Gasteiger partial charge in [-0.15, -0.1) is 0 Å². The molecular formula is C18H16O3. The molecule has 0 radical (unpaired) electrons. The summed E-state index contributed by atoms with van der Waals surface area (Å²) in [6, 6.07) is 14.9. The molecule has 0 amide bonds. The highest BCUT2D eigenvalue weighted by Crippen LogP contribution is 2.30. The second kappa shape index (κ2) is 5.44. The fourth-order valence-corrected chi connectivity index (χ4v) is 2.56. The van der Waals surface area contributed by atoms with Gasteiger partial charge in [-0.25, -0.2) is 0 Å². The molecule has 0 aliphatic rings. The van der Waals surface area contributed by atoms with Gasteiger partial charge < -0.3 is 9.15 Å². The number of carbonyl (C=O) groups excluding carboxylic acids is 1. The van der Waals surface area contributed by atoms with Crippen molar-refractivity contribution in [3.05, 3.63) is 65.4 Å². The molecule has 0 N–H and O–H groups in total. The van der Waals surface area contributed by atoms with E-state index in [0.717, 1.165) is 11.0 Å². The van der Waals surface area contributed by atoms with Gasteiger partial charge >= 0.3 is 0 Å². The number of para-hydroxylation sites is 2. The summed E-state index contributed by atoms with van der Waals surface area (Å²) in [6.07, 6.45) is 0.672. The molecule has 3 rings (SSSR count). The summed E-state index contributed by atoms with van der Waals surface area (Å²) in [4.78, 5) is 12.9. The Bertz CT molecular complexity index is 799. The van der Waals surface area contributed by atoms with Gasteiger partial charge in [0.15, 0.2) is 0 Å². The average molecular weight is 280 g/mol. The normalized spacial score (nSPS) is 10.8. The number of hydrogen-bond donors (Lipinski definition) is 0. The first kappa shape index (κ1) is 13.4. The highest BCUT2D eigenvalue weighted by molar-refractivity contribution is 6.18. The molecule has 0 fully saturated rings. The fourth-order valence-electron chi connectivity index (χ4n) is 2.56. The van der Waals surface area contributed by atoms with Gasteiger partial charge in [-0.2, -0.15) is 0 Å². The number of fused-ring (bicyclic) bond motifs is 1. The third kappa shape index (κ3) is 2.21. The third-order valence-electron chi connectivity index (χ3n) is 3.57. The Hall–Kier alpha value is -2.55. The maximum absolute atomic E-state index is 12.9. The molecule has 0 saturated carbocycles. The quantitative estimate of drug-likeness (QED) is 0.671. The van der Waals surface area contributed by atoms with Crippen molar-refractivity contribution in [2.24, 2.45) is 0 Å². The number of benzene rings is 2. The zero-order chi connectivity index (χ0) is 14.8. The molecule has 1 heterocycles. The minimum absolute atomic E-state index is 0.0609. The van der Waals surface area contributed by atoms with Gasteiger partial charge in [0.1, 0.15) is 17.1 Å². The number of ketones is 1. The van der Waals surface area contributed by atoms with Crippen molar-refractivity contribution in [3.8, 4) is 5.75 Å². The Labute approximate surface area is 123 Å². The maximum Gasteiger partial charge on any atom is 0.200 e. The minimum Gasteiger partial charge on any atom is -0.496 e. The summed E-state index contributed by atoms with van der Waals surface area (Å²) >= 11 is 0. The summed E-state index contributed by atoms with van der Waals surface area (Å²) in [7, 11) is 1.57. The van der Waals surface area contributed by atoms with Crippen LogP contribution >= 0.6 is 0 Å². The second-order valence-electron chi connectivity index (χ2n) is 4.78. The Balaban J connectivity index is 2.22. The molecule has 106 valence electrons. The highest BCUT2D eigenvalue weighted by atomic mass is 16.5. The summed E-state index contributed by atoms with van der Waals surface area (Å²) in [5.41, 5.74) is 1.94. The summed E-state index contributed by atoms with van der Waals surface area (Å²) in [5.74, 6) is 1.23. The van der Waals surface area contributed by atoms with Crippen molar-refractivity contribution in [3.63, 3.8) is 0 Å². The van der Waals surface area contributed by atoms with E-state index in [1.165, 1.54) is 0 Å². The number of carbonyl (C=O) groups is 1. The first-order valence-corrected chi connectivity index (χ1v) is 6.94. The van der Waals surface area contributed by atoms with E-state index >= 15 is 0 Å². The molecule has 21 heavy (non-hydrogen) atoms. The summed E-state index contributed by atoms with van der Waals surface area (Å²) in [5, 5.41) is 0.852. The monoisotopic (exact) mass is 280 g/mol. The lowest BCUT2D eigenvalue weighted by Gasteiger charge is -2.07. The van der Waals surface area contributed by atoms with Gasteiger partial charge in [-0.1, -0.05) is 37.3 Å². The van der Waals surface area contributed by atoms with Crippen LogP contribution in [0.25, 0.3) is 11.0 Å². The van der Waals surface area contributed by atoms with Crippen LogP contribution in [0.4, 0.5) is 0 Å². The van der Waals surface area contributed by atoms with E-state index in [1.807, 2.05) is 43.3 Å². The molecule has 3 heteroatoms. The standard InChI is InChI=1S/C18H16O3/c1-3-14-17(12-8-4-7-11-16(12)21-14)18(19)13-9-5-6-10-15(13)20-2/h4-11H,3H2,1-2H3. The zero-order valence-corrected chi connectivity index (χ0v) is 12.1. The van der Waals surface area contributed by atoms with E-state index in [2.05, 4.69) is 0 Å². The van der Waals surface area contributed by atoms with Crippen LogP contribution in [0.1, 0.15) is 28.6 Å². The molecule has 0 saturated heterocycles. The predicted octanol–water partition coefficient (Wildman–Crippen LogP) is 4.23. The molecule has 3 aromatic rings. The molecule has 0 spiro atoms. The van der Waals surface area contributed by atoms with Gasteiger partial charge in [-0.05, 0) is 18.2 Å². The van der Waals surface area contributed by atoms with Gasteiger partial charge in [-0.3, -0.25) is 4.79 Å². The van der Waals surface area contributed by atoms with Gasteiger partial charge in [0.25, 0.3) is 0 Å². The predicted molar refractivity (Wildman–Crippen MR) is 82.0 cm³/mol. The summed E-state index contributed by atoms with van der Waals surface area (Å²) in [6.45, 7) is 1.98. The Morgan fingerprint density at radius 3 is 2.57 bits per heavy atom. The van der Waals surface area contributed by atoms with Crippen molar-refractivity contribution >= 4 is 16.8 Å². The van der Waals surface area contributed by atoms with Gasteiger partial charge in [0.2, 0.25) is 5.78 Å². The van der Waals surface area contributed by atoms with Crippen LogP contribution in [-0.2, 0) is 6.42 Å². The topological polar surface area (TPSA) is 39.4 Å². The van der Waals surface area contributed by atoms with E-state index in [1.54, 1.807) is 19.2 Å². The van der Waals surface area contributed by atoms with E-state index in [0.29, 0.717) is 29.1 Å². The van der Waals surface area contributed by atoms with Crippen molar-refractivity contribution in [2.45, 2.75) is 13.3 Å². The second-order valence-corrected chi connectivity index (χ2v) is 4.78. The van der Waals surface area contributed by atoms with Crippen molar-refractivity contribution in [1.29, 1.82) is 0 Å². The third-order valence-corrected chi connectivity index (χ3v) is 3.57. The van der Waals surface area contributed by atoms with Crippen LogP contribution in [0.15, 0.2) is 52.9 Å². The van der Waals surface area contributed by atoms with Gasteiger partial charge in [0.05, 0.1) is 18.2 Å². The van der Waals surface area contributed by atoms with E-state index in [4.69, 9.17) is 9.15 Å². The first-order chi connectivity index (χ1) is 10.3. The Morgan fingerprint density at radius 2 is 1.81 bits per heavy atom. The van der Waals surface area contributed by atoms with E-state index < -0.39 is 0 Å². The Kier molecular flexibility index (Phi) is 3.48. The number of aryl methyl sites for hydroxylation is 1. The minimum atomic E-state index is -0.0609. The molecule has 0 aliphatic heterocycles. The number of rotatable bonds is 4. The zero-order valence-electron chi connectivity index (χ0n) is 12.1. The van der Waals surface area contributed by atoms with Crippen LogP contribution in [0.2, 0.25) is 0 Å². The molecule has 2 aromatic carbocycles. The van der Waals surface area contributed by atoms with E-state index in [-0.39, 0.29) is 5.78 Å². The van der Waals surface area contributed by atoms with Crippen LogP contribution in [0, 0.1) is 0 Å². The van der Waals surface area contributed by atoms with Crippen LogP contribution < -0.4 is 4.74 Å². The number of ether oxygens (including phenoxy) is 1. The maximum atomic E-state index is 12.9. The first-order valence-electron chi connectivity index (χ1n) is 6.94. The fraction of sp³-hybridized carbons (Fsp3) is 0.167. The average Bonchev–Trinajstić information content (AvgIpc) is 2.92.